The number of carbonyl (C=O) groups is 2. The minimum Gasteiger partial charge on any atom is -0.312 e. The zero-order chi connectivity index (χ0) is 10.5. The average molecular weight is 184 g/mol. The lowest BCUT2D eigenvalue weighted by Crippen LogP contribution is -2.56. The minimum absolute atomic E-state index is 0.193. The van der Waals surface area contributed by atoms with Gasteiger partial charge < -0.3 is 4.48 Å². The molecule has 0 amide bonds. The molecule has 0 saturated heterocycles. The molecule has 1 unspecified atom stereocenters. The number of hydrogen-bond donors (Lipinski definition) is 0. The van der Waals surface area contributed by atoms with Crippen LogP contribution in [0, 0.1) is 0 Å². The van der Waals surface area contributed by atoms with Gasteiger partial charge in [-0.25, -0.2) is 0 Å². The van der Waals surface area contributed by atoms with E-state index in [4.69, 9.17) is 0 Å². The molecule has 0 aromatic rings. The van der Waals surface area contributed by atoms with Gasteiger partial charge in [0.15, 0.2) is 6.29 Å². The van der Waals surface area contributed by atoms with Crippen LogP contribution in [0.5, 0.6) is 0 Å². The quantitative estimate of drug-likeness (QED) is 0.265. The van der Waals surface area contributed by atoms with Gasteiger partial charge in [-0.2, -0.15) is 0 Å². The predicted molar refractivity (Wildman–Crippen MR) is 52.3 cm³/mol. The summed E-state index contributed by atoms with van der Waals surface area (Å²) < 4.78 is 0.453. The Bertz CT molecular complexity index is 207. The second-order valence-electron chi connectivity index (χ2n) is 3.30. The normalized spacial score (nSPS) is 13.5. The van der Waals surface area contributed by atoms with Gasteiger partial charge in [0, 0.05) is 0 Å². The Morgan fingerprint density at radius 1 is 1.46 bits per heavy atom. The molecule has 0 rings (SSSR count). The molecule has 0 N–H and O–H groups in total. The van der Waals surface area contributed by atoms with Crippen LogP contribution < -0.4 is 0 Å². The first-order valence-corrected chi connectivity index (χ1v) is 4.51. The second kappa shape index (κ2) is 4.92. The number of aldehydes is 1. The number of nitrogens with zero attached hydrogens (tertiary/aromatic N) is 1. The summed E-state index contributed by atoms with van der Waals surface area (Å²) in [6, 6.07) is -0.590. The molecule has 0 saturated carbocycles. The van der Waals surface area contributed by atoms with Crippen molar-refractivity contribution in [1.29, 1.82) is 0 Å². The van der Waals surface area contributed by atoms with Crippen LogP contribution in [0.25, 0.3) is 0 Å². The zero-order valence-electron chi connectivity index (χ0n) is 8.62. The van der Waals surface area contributed by atoms with E-state index in [1.54, 1.807) is 0 Å². The summed E-state index contributed by atoms with van der Waals surface area (Å²) in [4.78, 5) is 22.1. The summed E-state index contributed by atoms with van der Waals surface area (Å²) in [5.74, 6) is -0.193. The van der Waals surface area contributed by atoms with Crippen LogP contribution in [-0.2, 0) is 9.59 Å². The molecule has 3 nitrogen and oxygen atoms in total. The summed E-state index contributed by atoms with van der Waals surface area (Å²) in [6.45, 7) is 8.86. The van der Waals surface area contributed by atoms with E-state index in [0.717, 1.165) is 19.4 Å². The van der Waals surface area contributed by atoms with E-state index < -0.39 is 6.04 Å². The van der Waals surface area contributed by atoms with E-state index in [2.05, 4.69) is 6.58 Å². The Balaban J connectivity index is 4.82. The lowest BCUT2D eigenvalue weighted by Gasteiger charge is -2.35. The first-order valence-electron chi connectivity index (χ1n) is 4.51. The molecule has 0 heterocycles. The number of ketones is 1. The number of likely N-dealkylation sites (N-methyl/N-ethyl adjacent to an activating group) is 1. The average Bonchev–Trinajstić information content (AvgIpc) is 2.18. The Morgan fingerprint density at radius 3 is 2.15 bits per heavy atom. The zero-order valence-corrected chi connectivity index (χ0v) is 8.62. The SMILES string of the molecule is C=CC(=O)C(C=O)[N+](C)(CC)CC. The van der Waals surface area contributed by atoms with E-state index in [1.807, 2.05) is 20.9 Å². The summed E-state index contributed by atoms with van der Waals surface area (Å²) in [5, 5.41) is 0. The van der Waals surface area contributed by atoms with Crippen molar-refractivity contribution in [2.45, 2.75) is 19.9 Å². The van der Waals surface area contributed by atoms with Crippen molar-refractivity contribution in [3.8, 4) is 0 Å². The van der Waals surface area contributed by atoms with Crippen molar-refractivity contribution < 1.29 is 14.1 Å². The summed E-state index contributed by atoms with van der Waals surface area (Å²) in [5.41, 5.74) is 0. The smallest absolute Gasteiger partial charge is 0.219 e. The molecule has 0 aliphatic carbocycles. The molecule has 13 heavy (non-hydrogen) atoms. The molecule has 0 radical (unpaired) electrons. The standard InChI is InChI=1S/C10H18NO2/c1-5-10(13)9(8-12)11(4,6-2)7-3/h5,8-9H,1,6-7H2,2-4H3/q+1. The van der Waals surface area contributed by atoms with E-state index in [0.29, 0.717) is 4.48 Å². The molecule has 3 heteroatoms. The van der Waals surface area contributed by atoms with Crippen LogP contribution in [0.1, 0.15) is 13.8 Å². The summed E-state index contributed by atoms with van der Waals surface area (Å²) >= 11 is 0. The van der Waals surface area contributed by atoms with Gasteiger partial charge in [0.2, 0.25) is 11.8 Å². The lowest BCUT2D eigenvalue weighted by atomic mass is 10.1. The molecule has 0 aliphatic heterocycles. The highest BCUT2D eigenvalue weighted by molar-refractivity contribution is 6.02. The predicted octanol–water partition coefficient (Wildman–Crippen LogP) is 0.795. The third-order valence-electron chi connectivity index (χ3n) is 2.74. The van der Waals surface area contributed by atoms with Crippen LogP contribution in [0.2, 0.25) is 0 Å². The molecule has 0 spiro atoms. The first-order chi connectivity index (χ1) is 6.05. The maximum absolute atomic E-state index is 11.3. The van der Waals surface area contributed by atoms with Gasteiger partial charge in [0.1, 0.15) is 0 Å². The Labute approximate surface area is 79.6 Å². The second-order valence-corrected chi connectivity index (χ2v) is 3.30. The Kier molecular flexibility index (Phi) is 4.56. The molecule has 0 aromatic heterocycles. The maximum Gasteiger partial charge on any atom is 0.219 e. The van der Waals surface area contributed by atoms with Gasteiger partial charge in [-0.05, 0) is 19.9 Å². The van der Waals surface area contributed by atoms with Gasteiger partial charge in [-0.15, -0.1) is 0 Å². The maximum atomic E-state index is 11.3. The molecule has 0 fully saturated rings. The van der Waals surface area contributed by atoms with Gasteiger partial charge in [-0.1, -0.05) is 6.58 Å². The third-order valence-corrected chi connectivity index (χ3v) is 2.74. The summed E-state index contributed by atoms with van der Waals surface area (Å²) in [6.07, 6.45) is 1.94. The van der Waals surface area contributed by atoms with Crippen LogP contribution >= 0.6 is 0 Å². The van der Waals surface area contributed by atoms with Crippen molar-refractivity contribution in [3.63, 3.8) is 0 Å². The molecule has 1 atom stereocenters. The summed E-state index contributed by atoms with van der Waals surface area (Å²) in [7, 11) is 1.90. The molecule has 0 aliphatic rings. The molecular formula is C10H18NO2+. The van der Waals surface area contributed by atoms with Crippen molar-refractivity contribution in [1.82, 2.24) is 0 Å². The van der Waals surface area contributed by atoms with Crippen molar-refractivity contribution in [2.24, 2.45) is 0 Å². The largest absolute Gasteiger partial charge is 0.312 e. The van der Waals surface area contributed by atoms with Crippen molar-refractivity contribution in [2.75, 3.05) is 20.1 Å². The molecule has 0 bridgehead atoms. The Hall–Kier alpha value is -0.960. The van der Waals surface area contributed by atoms with Crippen LogP contribution in [0.15, 0.2) is 12.7 Å². The molecular weight excluding hydrogens is 166 g/mol. The molecule has 0 aromatic carbocycles. The topological polar surface area (TPSA) is 34.1 Å². The van der Waals surface area contributed by atoms with Crippen molar-refractivity contribution >= 4 is 12.1 Å². The van der Waals surface area contributed by atoms with Gasteiger partial charge >= 0.3 is 0 Å². The van der Waals surface area contributed by atoms with E-state index in [9.17, 15) is 9.59 Å². The minimum atomic E-state index is -0.590. The van der Waals surface area contributed by atoms with E-state index >= 15 is 0 Å². The lowest BCUT2D eigenvalue weighted by molar-refractivity contribution is -0.911. The number of carbonyl (C=O) groups excluding carboxylic acids is 2. The fourth-order valence-electron chi connectivity index (χ4n) is 1.26. The van der Waals surface area contributed by atoms with Gasteiger partial charge in [0.25, 0.3) is 0 Å². The van der Waals surface area contributed by atoms with Crippen molar-refractivity contribution in [3.05, 3.63) is 12.7 Å². The number of rotatable bonds is 6. The highest BCUT2D eigenvalue weighted by Gasteiger charge is 2.33. The fraction of sp³-hybridized carbons (Fsp3) is 0.600. The van der Waals surface area contributed by atoms with Crippen LogP contribution in [0.4, 0.5) is 0 Å². The fourth-order valence-corrected chi connectivity index (χ4v) is 1.26. The first kappa shape index (κ1) is 12.0. The highest BCUT2D eigenvalue weighted by Crippen LogP contribution is 2.09. The van der Waals surface area contributed by atoms with Gasteiger partial charge in [-0.3, -0.25) is 9.59 Å². The van der Waals surface area contributed by atoms with Crippen LogP contribution in [-0.4, -0.2) is 42.7 Å². The van der Waals surface area contributed by atoms with Gasteiger partial charge in [0.05, 0.1) is 20.1 Å². The molecule has 74 valence electrons. The number of quaternary nitrogens is 1. The van der Waals surface area contributed by atoms with Crippen LogP contribution in [0.3, 0.4) is 0 Å². The van der Waals surface area contributed by atoms with E-state index in [-0.39, 0.29) is 5.78 Å². The Morgan fingerprint density at radius 2 is 1.92 bits per heavy atom. The number of hydrogen-bond acceptors (Lipinski definition) is 2. The monoisotopic (exact) mass is 184 g/mol. The van der Waals surface area contributed by atoms with E-state index in [1.165, 1.54) is 6.08 Å². The highest BCUT2D eigenvalue weighted by atomic mass is 16.1. The third kappa shape index (κ3) is 2.49.